The van der Waals surface area contributed by atoms with Crippen LogP contribution in [0.5, 0.6) is 0 Å². The smallest absolute Gasteiger partial charge is 0.143 e. The summed E-state index contributed by atoms with van der Waals surface area (Å²) < 4.78 is 1.11. The van der Waals surface area contributed by atoms with Crippen molar-refractivity contribution in [1.29, 1.82) is 0 Å². The van der Waals surface area contributed by atoms with Crippen LogP contribution in [0.2, 0.25) is 0 Å². The molecule has 3 rings (SSSR count). The van der Waals surface area contributed by atoms with Crippen LogP contribution >= 0.6 is 15.9 Å². The first-order chi connectivity index (χ1) is 8.22. The highest BCUT2D eigenvalue weighted by Crippen LogP contribution is 2.46. The monoisotopic (exact) mass is 292 g/mol. The molecule has 0 atom stereocenters. The second kappa shape index (κ2) is 4.24. The van der Waals surface area contributed by atoms with E-state index in [1.807, 2.05) is 0 Å². The summed E-state index contributed by atoms with van der Waals surface area (Å²) >= 11 is 3.55. The van der Waals surface area contributed by atoms with Gasteiger partial charge in [0.05, 0.1) is 5.41 Å². The summed E-state index contributed by atoms with van der Waals surface area (Å²) in [7, 11) is 0. The van der Waals surface area contributed by atoms with Gasteiger partial charge in [0.25, 0.3) is 0 Å². The number of hydrogen-bond acceptors (Lipinski definition) is 1. The molecular weight excluding hydrogens is 276 g/mol. The third-order valence-electron chi connectivity index (χ3n) is 4.45. The molecule has 0 unspecified atom stereocenters. The molecule has 17 heavy (non-hydrogen) atoms. The first-order valence-electron chi connectivity index (χ1n) is 6.55. The molecule has 0 radical (unpaired) electrons. The number of rotatable bonds is 0. The van der Waals surface area contributed by atoms with Gasteiger partial charge >= 0.3 is 0 Å². The maximum absolute atomic E-state index is 12.4. The molecule has 0 aliphatic heterocycles. The number of carbonyl (C=O) groups is 1. The van der Waals surface area contributed by atoms with Gasteiger partial charge in [-0.25, -0.2) is 0 Å². The fourth-order valence-electron chi connectivity index (χ4n) is 3.55. The standard InChI is InChI=1S/C15H17BrO/c16-12-6-4-11-5-7-14(17)15(13(11)10-12)8-2-1-3-9-15/h4,6,10H,1-3,5,7-9H2. The van der Waals surface area contributed by atoms with E-state index in [0.29, 0.717) is 5.78 Å². The number of benzene rings is 1. The average molecular weight is 293 g/mol. The Kier molecular flexibility index (Phi) is 2.86. The van der Waals surface area contributed by atoms with Crippen molar-refractivity contribution in [3.63, 3.8) is 0 Å². The third kappa shape index (κ3) is 1.77. The minimum Gasteiger partial charge on any atom is -0.299 e. The summed E-state index contributed by atoms with van der Waals surface area (Å²) in [5.41, 5.74) is 2.59. The van der Waals surface area contributed by atoms with Gasteiger partial charge in [-0.1, -0.05) is 41.3 Å². The fraction of sp³-hybridized carbons (Fsp3) is 0.533. The molecule has 1 aromatic rings. The Morgan fingerprint density at radius 3 is 2.59 bits per heavy atom. The van der Waals surface area contributed by atoms with E-state index in [1.54, 1.807) is 0 Å². The first-order valence-corrected chi connectivity index (χ1v) is 7.34. The molecule has 0 N–H and O–H groups in total. The van der Waals surface area contributed by atoms with Crippen molar-refractivity contribution in [2.45, 2.75) is 50.4 Å². The summed E-state index contributed by atoms with van der Waals surface area (Å²) in [6, 6.07) is 6.49. The lowest BCUT2D eigenvalue weighted by atomic mass is 9.62. The Morgan fingerprint density at radius 2 is 1.82 bits per heavy atom. The zero-order valence-corrected chi connectivity index (χ0v) is 11.6. The van der Waals surface area contributed by atoms with Crippen molar-refractivity contribution in [3.8, 4) is 0 Å². The van der Waals surface area contributed by atoms with Crippen LogP contribution in [0.15, 0.2) is 22.7 Å². The lowest BCUT2D eigenvalue weighted by molar-refractivity contribution is -0.126. The van der Waals surface area contributed by atoms with Crippen LogP contribution in [-0.2, 0) is 16.6 Å². The van der Waals surface area contributed by atoms with Crippen molar-refractivity contribution < 1.29 is 4.79 Å². The van der Waals surface area contributed by atoms with Crippen molar-refractivity contribution in [1.82, 2.24) is 0 Å². The van der Waals surface area contributed by atoms with Gasteiger partial charge in [0.1, 0.15) is 5.78 Å². The minimum absolute atomic E-state index is 0.129. The predicted molar refractivity (Wildman–Crippen MR) is 72.2 cm³/mol. The molecule has 90 valence electrons. The van der Waals surface area contributed by atoms with Crippen LogP contribution in [0.4, 0.5) is 0 Å². The van der Waals surface area contributed by atoms with E-state index in [-0.39, 0.29) is 5.41 Å². The number of hydrogen-bond donors (Lipinski definition) is 0. The summed E-state index contributed by atoms with van der Waals surface area (Å²) in [6.07, 6.45) is 7.51. The Bertz CT molecular complexity index is 458. The molecule has 0 bridgehead atoms. The number of ketones is 1. The topological polar surface area (TPSA) is 17.1 Å². The molecule has 2 aliphatic carbocycles. The molecule has 1 nitrogen and oxygen atoms in total. The van der Waals surface area contributed by atoms with E-state index < -0.39 is 0 Å². The van der Waals surface area contributed by atoms with Gasteiger partial charge in [0, 0.05) is 10.9 Å². The zero-order chi connectivity index (χ0) is 11.9. The molecule has 0 amide bonds. The molecule has 2 aliphatic rings. The second-order valence-corrected chi connectivity index (χ2v) is 6.28. The average Bonchev–Trinajstić information content (AvgIpc) is 2.36. The molecular formula is C15H17BrO. The van der Waals surface area contributed by atoms with Crippen molar-refractivity contribution >= 4 is 21.7 Å². The Balaban J connectivity index is 2.14. The summed E-state index contributed by atoms with van der Waals surface area (Å²) in [5, 5.41) is 0. The molecule has 0 saturated heterocycles. The highest BCUT2D eigenvalue weighted by molar-refractivity contribution is 9.10. The number of halogens is 1. The molecule has 0 aromatic heterocycles. The number of carbonyl (C=O) groups excluding carboxylic acids is 1. The highest BCUT2D eigenvalue weighted by Gasteiger charge is 2.43. The van der Waals surface area contributed by atoms with E-state index in [4.69, 9.17) is 0 Å². The quantitative estimate of drug-likeness (QED) is 0.701. The Hall–Kier alpha value is -0.630. The molecule has 1 aromatic carbocycles. The van der Waals surface area contributed by atoms with Crippen molar-refractivity contribution in [2.24, 2.45) is 0 Å². The van der Waals surface area contributed by atoms with Crippen LogP contribution in [0.25, 0.3) is 0 Å². The Morgan fingerprint density at radius 1 is 1.06 bits per heavy atom. The van der Waals surface area contributed by atoms with Gasteiger partial charge in [0.15, 0.2) is 0 Å². The first kappa shape index (κ1) is 11.5. The predicted octanol–water partition coefficient (Wildman–Crippen LogP) is 4.17. The van der Waals surface area contributed by atoms with E-state index >= 15 is 0 Å². The van der Waals surface area contributed by atoms with Gasteiger partial charge in [-0.2, -0.15) is 0 Å². The molecule has 1 fully saturated rings. The van der Waals surface area contributed by atoms with E-state index in [0.717, 1.165) is 30.2 Å². The van der Waals surface area contributed by atoms with E-state index in [1.165, 1.54) is 30.4 Å². The SMILES string of the molecule is O=C1CCc2ccc(Br)cc2C12CCCCC2. The van der Waals surface area contributed by atoms with Crippen molar-refractivity contribution in [2.75, 3.05) is 0 Å². The molecule has 1 spiro atoms. The largest absolute Gasteiger partial charge is 0.299 e. The number of Topliss-reactive ketones (excluding diaryl/α,β-unsaturated/α-hetero) is 1. The molecule has 1 saturated carbocycles. The summed E-state index contributed by atoms with van der Waals surface area (Å²) in [6.45, 7) is 0. The maximum Gasteiger partial charge on any atom is 0.143 e. The highest BCUT2D eigenvalue weighted by atomic mass is 79.9. The minimum atomic E-state index is -0.129. The lowest BCUT2D eigenvalue weighted by Gasteiger charge is -2.40. The number of aryl methyl sites for hydroxylation is 1. The van der Waals surface area contributed by atoms with Crippen LogP contribution in [0.1, 0.15) is 49.7 Å². The van der Waals surface area contributed by atoms with Crippen molar-refractivity contribution in [3.05, 3.63) is 33.8 Å². The van der Waals surface area contributed by atoms with Gasteiger partial charge in [-0.15, -0.1) is 0 Å². The molecule has 0 heterocycles. The summed E-state index contributed by atoms with van der Waals surface area (Å²) in [5.74, 6) is 0.489. The third-order valence-corrected chi connectivity index (χ3v) is 4.94. The van der Waals surface area contributed by atoms with Gasteiger partial charge < -0.3 is 0 Å². The Labute approximate surface area is 111 Å². The van der Waals surface area contributed by atoms with Crippen LogP contribution < -0.4 is 0 Å². The molecule has 2 heteroatoms. The second-order valence-electron chi connectivity index (χ2n) is 5.37. The number of fused-ring (bicyclic) bond motifs is 2. The van der Waals surface area contributed by atoms with Gasteiger partial charge in [-0.05, 0) is 42.5 Å². The van der Waals surface area contributed by atoms with Gasteiger partial charge in [-0.3, -0.25) is 4.79 Å². The van der Waals surface area contributed by atoms with Gasteiger partial charge in [0.2, 0.25) is 0 Å². The van der Waals surface area contributed by atoms with Crippen LogP contribution in [0, 0.1) is 0 Å². The zero-order valence-electron chi connectivity index (χ0n) is 9.97. The van der Waals surface area contributed by atoms with Crippen LogP contribution in [0.3, 0.4) is 0 Å². The maximum atomic E-state index is 12.4. The summed E-state index contributed by atoms with van der Waals surface area (Å²) in [4.78, 5) is 12.4. The fourth-order valence-corrected chi connectivity index (χ4v) is 3.91. The van der Waals surface area contributed by atoms with E-state index in [2.05, 4.69) is 34.1 Å². The lowest BCUT2D eigenvalue weighted by Crippen LogP contribution is -2.41. The normalized spacial score (nSPS) is 22.5. The van der Waals surface area contributed by atoms with Crippen LogP contribution in [-0.4, -0.2) is 5.78 Å². The van der Waals surface area contributed by atoms with E-state index in [9.17, 15) is 4.79 Å².